The third-order valence-electron chi connectivity index (χ3n) is 4.07. The Balaban J connectivity index is 1.89. The number of carbonyl (C=O) groups is 2. The fourth-order valence-corrected chi connectivity index (χ4v) is 3.34. The highest BCUT2D eigenvalue weighted by Crippen LogP contribution is 2.25. The monoisotopic (exact) mass is 340 g/mol. The van der Waals surface area contributed by atoms with Crippen LogP contribution in [0.4, 0.5) is 5.00 Å². The maximum Gasteiger partial charge on any atom is 0.349 e. The largest absolute Gasteiger partial charge is 0.448 e. The van der Waals surface area contributed by atoms with Crippen LogP contribution in [0.3, 0.4) is 0 Å². The molecule has 3 atom stereocenters. The van der Waals surface area contributed by atoms with Gasteiger partial charge in [0.05, 0.1) is 4.92 Å². The summed E-state index contributed by atoms with van der Waals surface area (Å²) in [6.07, 6.45) is 3.35. The minimum Gasteiger partial charge on any atom is -0.448 e. The van der Waals surface area contributed by atoms with E-state index in [0.29, 0.717) is 5.92 Å². The van der Waals surface area contributed by atoms with E-state index in [4.69, 9.17) is 4.74 Å². The highest BCUT2D eigenvalue weighted by Gasteiger charge is 2.27. The summed E-state index contributed by atoms with van der Waals surface area (Å²) in [4.78, 5) is 34.2. The summed E-state index contributed by atoms with van der Waals surface area (Å²) in [6.45, 7) is 3.61. The third kappa shape index (κ3) is 4.51. The summed E-state index contributed by atoms with van der Waals surface area (Å²) in [5, 5.41) is 13.4. The molecular formula is C15H20N2O5S. The average molecular weight is 340 g/mol. The van der Waals surface area contributed by atoms with Crippen molar-refractivity contribution in [1.29, 1.82) is 0 Å². The Morgan fingerprint density at radius 2 is 2.09 bits per heavy atom. The SMILES string of the molecule is C[C@H](OC(=O)c1ccc([N+](=O)[O-])s1)C(=O)N[C@H]1CCCC[C@@H]1C. The van der Waals surface area contributed by atoms with Gasteiger partial charge in [0.15, 0.2) is 6.10 Å². The van der Waals surface area contributed by atoms with Gasteiger partial charge in [-0.1, -0.05) is 31.1 Å². The second-order valence-corrected chi connectivity index (χ2v) is 6.88. The van der Waals surface area contributed by atoms with Gasteiger partial charge in [0.25, 0.3) is 5.91 Å². The summed E-state index contributed by atoms with van der Waals surface area (Å²) in [7, 11) is 0. The summed E-state index contributed by atoms with van der Waals surface area (Å²) in [6, 6.07) is 2.69. The molecule has 0 saturated heterocycles. The summed E-state index contributed by atoms with van der Waals surface area (Å²) < 4.78 is 5.10. The molecule has 0 bridgehead atoms. The highest BCUT2D eigenvalue weighted by molar-refractivity contribution is 7.17. The van der Waals surface area contributed by atoms with Gasteiger partial charge in [-0.25, -0.2) is 4.79 Å². The molecular weight excluding hydrogens is 320 g/mol. The lowest BCUT2D eigenvalue weighted by molar-refractivity contribution is -0.380. The molecule has 0 aromatic carbocycles. The minimum absolute atomic E-state index is 0.111. The topological polar surface area (TPSA) is 98.5 Å². The predicted octanol–water partition coefficient (Wildman–Crippen LogP) is 2.90. The van der Waals surface area contributed by atoms with Crippen LogP contribution in [0.1, 0.15) is 49.2 Å². The zero-order valence-corrected chi connectivity index (χ0v) is 13.9. The fourth-order valence-electron chi connectivity index (χ4n) is 2.64. The Bertz CT molecular complexity index is 600. The fraction of sp³-hybridized carbons (Fsp3) is 0.600. The van der Waals surface area contributed by atoms with E-state index >= 15 is 0 Å². The van der Waals surface area contributed by atoms with Crippen molar-refractivity contribution in [3.8, 4) is 0 Å². The van der Waals surface area contributed by atoms with Gasteiger partial charge in [0, 0.05) is 12.1 Å². The Labute approximate surface area is 138 Å². The number of carbonyl (C=O) groups excluding carboxylic acids is 2. The number of esters is 1. The predicted molar refractivity (Wildman–Crippen MR) is 85.4 cm³/mol. The van der Waals surface area contributed by atoms with Crippen molar-refractivity contribution in [2.24, 2.45) is 5.92 Å². The Morgan fingerprint density at radius 3 is 2.70 bits per heavy atom. The van der Waals surface area contributed by atoms with E-state index in [1.54, 1.807) is 0 Å². The van der Waals surface area contributed by atoms with Gasteiger partial charge < -0.3 is 10.1 Å². The zero-order valence-electron chi connectivity index (χ0n) is 13.1. The average Bonchev–Trinajstić information content (AvgIpc) is 2.99. The molecule has 1 N–H and O–H groups in total. The van der Waals surface area contributed by atoms with Gasteiger partial charge in [-0.05, 0) is 31.7 Å². The van der Waals surface area contributed by atoms with Crippen molar-refractivity contribution in [3.63, 3.8) is 0 Å². The molecule has 0 spiro atoms. The van der Waals surface area contributed by atoms with Crippen LogP contribution in [-0.2, 0) is 9.53 Å². The second-order valence-electron chi connectivity index (χ2n) is 5.82. The van der Waals surface area contributed by atoms with Crippen LogP contribution in [0.5, 0.6) is 0 Å². The van der Waals surface area contributed by atoms with Crippen molar-refractivity contribution >= 4 is 28.2 Å². The molecule has 0 aliphatic heterocycles. The number of nitrogens with one attached hydrogen (secondary N) is 1. The standard InChI is InChI=1S/C15H20N2O5S/c1-9-5-3-4-6-11(9)16-14(18)10(2)22-15(19)12-7-8-13(23-12)17(20)21/h7-11H,3-6H2,1-2H3,(H,16,18)/t9-,10-,11-/m0/s1. The molecule has 1 fully saturated rings. The lowest BCUT2D eigenvalue weighted by atomic mass is 9.86. The van der Waals surface area contributed by atoms with Crippen molar-refractivity contribution in [1.82, 2.24) is 5.32 Å². The first kappa shape index (κ1) is 17.4. The Morgan fingerprint density at radius 1 is 1.39 bits per heavy atom. The smallest absolute Gasteiger partial charge is 0.349 e. The molecule has 7 nitrogen and oxygen atoms in total. The van der Waals surface area contributed by atoms with Crippen molar-refractivity contribution in [2.75, 3.05) is 0 Å². The molecule has 1 heterocycles. The minimum atomic E-state index is -0.933. The van der Waals surface area contributed by atoms with E-state index < -0.39 is 17.0 Å². The van der Waals surface area contributed by atoms with Crippen molar-refractivity contribution in [3.05, 3.63) is 27.1 Å². The molecule has 1 aromatic rings. The van der Waals surface area contributed by atoms with Gasteiger partial charge in [0.2, 0.25) is 0 Å². The molecule has 1 amide bonds. The first-order valence-electron chi connectivity index (χ1n) is 7.64. The van der Waals surface area contributed by atoms with Gasteiger partial charge in [-0.2, -0.15) is 0 Å². The summed E-state index contributed by atoms with van der Waals surface area (Å²) >= 11 is 0.734. The van der Waals surface area contributed by atoms with E-state index in [9.17, 15) is 19.7 Å². The van der Waals surface area contributed by atoms with Crippen LogP contribution in [0.2, 0.25) is 0 Å². The quantitative estimate of drug-likeness (QED) is 0.505. The lowest BCUT2D eigenvalue weighted by Crippen LogP contribution is -2.45. The van der Waals surface area contributed by atoms with Gasteiger partial charge in [-0.3, -0.25) is 14.9 Å². The Hall–Kier alpha value is -1.96. The van der Waals surface area contributed by atoms with Gasteiger partial charge >= 0.3 is 11.0 Å². The van der Waals surface area contributed by atoms with Crippen molar-refractivity contribution < 1.29 is 19.2 Å². The molecule has 1 aliphatic carbocycles. The molecule has 1 saturated carbocycles. The van der Waals surface area contributed by atoms with Gasteiger partial charge in [-0.15, -0.1) is 0 Å². The lowest BCUT2D eigenvalue weighted by Gasteiger charge is -2.30. The number of nitro groups is 1. The summed E-state index contributed by atoms with van der Waals surface area (Å²) in [5.74, 6) is -0.638. The van der Waals surface area contributed by atoms with Gasteiger partial charge in [0.1, 0.15) is 4.88 Å². The molecule has 23 heavy (non-hydrogen) atoms. The van der Waals surface area contributed by atoms with Crippen LogP contribution in [0.15, 0.2) is 12.1 Å². The number of hydrogen-bond donors (Lipinski definition) is 1. The number of hydrogen-bond acceptors (Lipinski definition) is 6. The molecule has 0 unspecified atom stereocenters. The molecule has 1 aromatic heterocycles. The number of ether oxygens (including phenoxy) is 1. The highest BCUT2D eigenvalue weighted by atomic mass is 32.1. The summed E-state index contributed by atoms with van der Waals surface area (Å²) in [5.41, 5.74) is 0. The molecule has 1 aliphatic rings. The van der Waals surface area contributed by atoms with Crippen LogP contribution in [0, 0.1) is 16.0 Å². The van der Waals surface area contributed by atoms with Crippen molar-refractivity contribution in [2.45, 2.75) is 51.7 Å². The van der Waals surface area contributed by atoms with E-state index in [1.807, 2.05) is 0 Å². The maximum atomic E-state index is 12.1. The van der Waals surface area contributed by atoms with E-state index in [2.05, 4.69) is 12.2 Å². The molecule has 8 heteroatoms. The number of rotatable bonds is 5. The molecule has 126 valence electrons. The van der Waals surface area contributed by atoms with E-state index in [0.717, 1.165) is 30.6 Å². The first-order valence-corrected chi connectivity index (χ1v) is 8.45. The number of amides is 1. The van der Waals surface area contributed by atoms with E-state index in [1.165, 1.54) is 25.5 Å². The first-order chi connectivity index (χ1) is 10.9. The van der Waals surface area contributed by atoms with Crippen LogP contribution < -0.4 is 5.32 Å². The molecule has 2 rings (SSSR count). The number of thiophene rings is 1. The van der Waals surface area contributed by atoms with E-state index in [-0.39, 0.29) is 21.8 Å². The number of nitrogens with zero attached hydrogens (tertiary/aromatic N) is 1. The van der Waals surface area contributed by atoms with Crippen LogP contribution in [-0.4, -0.2) is 28.9 Å². The van der Waals surface area contributed by atoms with Crippen LogP contribution >= 0.6 is 11.3 Å². The second kappa shape index (κ2) is 7.54. The Kier molecular flexibility index (Phi) is 5.70. The normalized spacial score (nSPS) is 22.2. The maximum absolute atomic E-state index is 12.1. The molecule has 0 radical (unpaired) electrons. The third-order valence-corrected chi connectivity index (χ3v) is 5.08. The van der Waals surface area contributed by atoms with Crippen LogP contribution in [0.25, 0.3) is 0 Å². The zero-order chi connectivity index (χ0) is 17.0.